The lowest BCUT2D eigenvalue weighted by Crippen LogP contribution is -3.00. The fraction of sp³-hybridized carbons (Fsp3) is 0.0714. The highest BCUT2D eigenvalue weighted by atomic mass is 35.5. The van der Waals surface area contributed by atoms with Crippen molar-refractivity contribution in [3.63, 3.8) is 0 Å². The summed E-state index contributed by atoms with van der Waals surface area (Å²) in [5, 5.41) is 5.92. The second-order valence-corrected chi connectivity index (χ2v) is 11.0. The van der Waals surface area contributed by atoms with Crippen molar-refractivity contribution < 1.29 is 26.7 Å². The summed E-state index contributed by atoms with van der Waals surface area (Å²) in [6.07, 6.45) is -0.642. The lowest BCUT2D eigenvalue weighted by atomic mass is 10.1. The van der Waals surface area contributed by atoms with Crippen LogP contribution in [-0.4, -0.2) is 24.8 Å². The Kier molecular flexibility index (Phi) is 8.59. The average Bonchev–Trinajstić information content (AvgIpc) is 2.90. The minimum absolute atomic E-state index is 0. The van der Waals surface area contributed by atoms with Crippen molar-refractivity contribution in [2.45, 2.75) is 5.78 Å². The van der Waals surface area contributed by atoms with E-state index in [1.165, 1.54) is 7.11 Å². The molecule has 4 aromatic rings. The molecule has 0 aromatic heterocycles. The van der Waals surface area contributed by atoms with Crippen LogP contribution >= 0.6 is 7.26 Å². The Morgan fingerprint density at radius 3 is 1.35 bits per heavy atom. The number of hydrogen-bond donors (Lipinski definition) is 1. The van der Waals surface area contributed by atoms with Gasteiger partial charge in [0.1, 0.15) is 23.2 Å². The fourth-order valence-corrected chi connectivity index (χ4v) is 8.67. The van der Waals surface area contributed by atoms with E-state index in [0.29, 0.717) is 5.56 Å². The van der Waals surface area contributed by atoms with Crippen LogP contribution in [-0.2, 0) is 4.74 Å². The molecule has 4 aromatic carbocycles. The number of amides is 1. The summed E-state index contributed by atoms with van der Waals surface area (Å²) in [6, 6.07) is 39.0. The number of ketones is 1. The number of ether oxygens (including phenoxy) is 1. The summed E-state index contributed by atoms with van der Waals surface area (Å²) in [6.45, 7) is 0. The van der Waals surface area contributed by atoms with Gasteiger partial charge in [0.05, 0.1) is 7.11 Å². The van der Waals surface area contributed by atoms with Gasteiger partial charge in [-0.1, -0.05) is 84.9 Å². The van der Waals surface area contributed by atoms with Gasteiger partial charge in [0.25, 0.3) is 0 Å². The molecule has 0 saturated carbocycles. The highest BCUT2D eigenvalue weighted by molar-refractivity contribution is 7.96. The number of alkyl carbamates (subject to hydrolysis) is 1. The molecule has 0 aliphatic rings. The van der Waals surface area contributed by atoms with Crippen LogP contribution in [0.2, 0.25) is 0 Å². The summed E-state index contributed by atoms with van der Waals surface area (Å²) in [7, 11) is -1.40. The minimum atomic E-state index is -2.71. The zero-order valence-corrected chi connectivity index (χ0v) is 20.3. The van der Waals surface area contributed by atoms with E-state index in [1.807, 2.05) is 109 Å². The standard InChI is InChI=1S/C28H24NO3P.ClH/c1-32-28(31)29-27(26(30)22-14-6-2-7-15-22)33(23-16-8-3-9-17-23,24-18-10-4-11-19-24)25-20-12-5-13-21-25;/h2-21,27H,1H3;1H. The molecule has 1 unspecified atom stereocenters. The molecule has 4 rings (SSSR count). The predicted molar refractivity (Wildman–Crippen MR) is 135 cm³/mol. The average molecular weight is 490 g/mol. The van der Waals surface area contributed by atoms with Gasteiger partial charge in [-0.3, -0.25) is 10.1 Å². The molecule has 0 aliphatic heterocycles. The summed E-state index contributed by atoms with van der Waals surface area (Å²) >= 11 is 0. The Balaban J connectivity index is 0.00000324. The van der Waals surface area contributed by atoms with E-state index in [1.54, 1.807) is 12.1 Å². The van der Waals surface area contributed by atoms with Crippen molar-refractivity contribution in [3.05, 3.63) is 127 Å². The van der Waals surface area contributed by atoms with Crippen LogP contribution < -0.4 is 33.6 Å². The minimum Gasteiger partial charge on any atom is -1.00 e. The molecule has 0 heterocycles. The van der Waals surface area contributed by atoms with Crippen LogP contribution in [0.5, 0.6) is 0 Å². The van der Waals surface area contributed by atoms with Gasteiger partial charge in [-0.2, -0.15) is 0 Å². The molecule has 0 bridgehead atoms. The van der Waals surface area contributed by atoms with Gasteiger partial charge >= 0.3 is 6.09 Å². The highest BCUT2D eigenvalue weighted by Gasteiger charge is 2.56. The van der Waals surface area contributed by atoms with E-state index in [2.05, 4.69) is 5.32 Å². The fourth-order valence-electron chi connectivity index (χ4n) is 4.15. The SMILES string of the molecule is COC(=O)NC(C(=O)c1ccccc1)[P+](c1ccccc1)(c1ccccc1)c1ccccc1.[Cl-]. The van der Waals surface area contributed by atoms with E-state index in [0.717, 1.165) is 15.9 Å². The predicted octanol–water partition coefficient (Wildman–Crippen LogP) is 1.55. The van der Waals surface area contributed by atoms with Gasteiger partial charge in [-0.15, -0.1) is 0 Å². The number of carbonyl (C=O) groups is 2. The number of rotatable bonds is 7. The molecule has 0 saturated heterocycles. The van der Waals surface area contributed by atoms with Gasteiger partial charge < -0.3 is 17.1 Å². The Labute approximate surface area is 206 Å². The number of nitrogens with one attached hydrogen (secondary N) is 1. The first-order valence-electron chi connectivity index (χ1n) is 10.7. The Morgan fingerprint density at radius 2 is 1.00 bits per heavy atom. The normalized spacial score (nSPS) is 11.6. The summed E-state index contributed by atoms with van der Waals surface area (Å²) in [5.41, 5.74) is 0.533. The summed E-state index contributed by atoms with van der Waals surface area (Å²) < 4.78 is 4.99. The molecule has 0 spiro atoms. The van der Waals surface area contributed by atoms with Crippen LogP contribution in [0.15, 0.2) is 121 Å². The molecule has 1 amide bonds. The summed E-state index contributed by atoms with van der Waals surface area (Å²) in [4.78, 5) is 26.8. The zero-order valence-electron chi connectivity index (χ0n) is 18.7. The zero-order chi connectivity index (χ0) is 23.1. The van der Waals surface area contributed by atoms with Crippen molar-refractivity contribution in [1.82, 2.24) is 5.32 Å². The number of benzene rings is 4. The first kappa shape index (κ1) is 25.2. The molecule has 1 atom stereocenters. The van der Waals surface area contributed by atoms with Crippen molar-refractivity contribution in [2.75, 3.05) is 7.11 Å². The molecule has 0 radical (unpaired) electrons. The molecule has 6 heteroatoms. The molecule has 1 N–H and O–H groups in total. The lowest BCUT2D eigenvalue weighted by molar-refractivity contribution is -0.0000183. The molecular weight excluding hydrogens is 465 g/mol. The van der Waals surface area contributed by atoms with E-state index >= 15 is 0 Å². The van der Waals surface area contributed by atoms with E-state index in [-0.39, 0.29) is 18.2 Å². The number of halogens is 1. The lowest BCUT2D eigenvalue weighted by Gasteiger charge is -2.33. The number of methoxy groups -OCH3 is 1. The maximum Gasteiger partial charge on any atom is 0.410 e. The molecule has 0 aliphatic carbocycles. The van der Waals surface area contributed by atoms with Crippen molar-refractivity contribution in [2.24, 2.45) is 0 Å². The number of hydrogen-bond acceptors (Lipinski definition) is 3. The summed E-state index contributed by atoms with van der Waals surface area (Å²) in [5.74, 6) is -1.02. The third-order valence-electron chi connectivity index (χ3n) is 5.62. The Morgan fingerprint density at radius 1 is 0.647 bits per heavy atom. The number of Topliss-reactive ketones (excluding diaryl/α,β-unsaturated/α-hetero) is 1. The third-order valence-corrected chi connectivity index (χ3v) is 10.1. The van der Waals surface area contributed by atoms with E-state index in [4.69, 9.17) is 4.74 Å². The molecule has 34 heavy (non-hydrogen) atoms. The van der Waals surface area contributed by atoms with Gasteiger partial charge in [-0.25, -0.2) is 4.79 Å². The van der Waals surface area contributed by atoms with Crippen LogP contribution in [0.4, 0.5) is 4.79 Å². The second kappa shape index (κ2) is 11.6. The smallest absolute Gasteiger partial charge is 0.410 e. The quantitative estimate of drug-likeness (QED) is 0.316. The largest absolute Gasteiger partial charge is 1.00 e. The van der Waals surface area contributed by atoms with Gasteiger partial charge in [-0.05, 0) is 36.4 Å². The second-order valence-electron chi connectivity index (χ2n) is 7.50. The monoisotopic (exact) mass is 489 g/mol. The van der Waals surface area contributed by atoms with E-state index < -0.39 is 19.1 Å². The number of carbonyl (C=O) groups excluding carboxylic acids is 2. The molecule has 172 valence electrons. The molecule has 0 fully saturated rings. The Bertz CT molecular complexity index is 1110. The van der Waals surface area contributed by atoms with Crippen molar-refractivity contribution in [3.8, 4) is 0 Å². The first-order valence-corrected chi connectivity index (χ1v) is 12.5. The van der Waals surface area contributed by atoms with Gasteiger partial charge in [0.2, 0.25) is 11.6 Å². The van der Waals surface area contributed by atoms with Crippen LogP contribution in [0.25, 0.3) is 0 Å². The van der Waals surface area contributed by atoms with E-state index in [9.17, 15) is 9.59 Å². The van der Waals surface area contributed by atoms with Gasteiger partial charge in [0.15, 0.2) is 0 Å². The van der Waals surface area contributed by atoms with Gasteiger partial charge in [0, 0.05) is 5.56 Å². The van der Waals surface area contributed by atoms with Crippen molar-refractivity contribution in [1.29, 1.82) is 0 Å². The Hall–Kier alpha value is -3.46. The maximum absolute atomic E-state index is 14.1. The first-order chi connectivity index (χ1) is 16.2. The maximum atomic E-state index is 14.1. The molecule has 4 nitrogen and oxygen atoms in total. The van der Waals surface area contributed by atoms with Crippen LogP contribution in [0.3, 0.4) is 0 Å². The van der Waals surface area contributed by atoms with Crippen LogP contribution in [0.1, 0.15) is 10.4 Å². The van der Waals surface area contributed by atoms with Crippen molar-refractivity contribution >= 4 is 35.1 Å². The molecular formula is C28H25ClNO3P. The van der Waals surface area contributed by atoms with Crippen LogP contribution in [0, 0.1) is 0 Å². The third kappa shape index (κ3) is 4.89. The highest BCUT2D eigenvalue weighted by Crippen LogP contribution is 2.59. The topological polar surface area (TPSA) is 55.4 Å².